The molecule has 1 aromatic carbocycles. The summed E-state index contributed by atoms with van der Waals surface area (Å²) in [5.74, 6) is 0.457. The van der Waals surface area contributed by atoms with Gasteiger partial charge in [0, 0.05) is 11.3 Å². The molecule has 1 aliphatic rings. The molecule has 0 bridgehead atoms. The summed E-state index contributed by atoms with van der Waals surface area (Å²) in [6, 6.07) is 9.02. The third-order valence-corrected chi connectivity index (χ3v) is 4.47. The minimum Gasteiger partial charge on any atom is -0.364 e. The van der Waals surface area contributed by atoms with Crippen LogP contribution in [0.4, 0.5) is 0 Å². The van der Waals surface area contributed by atoms with E-state index in [9.17, 15) is 9.00 Å². The van der Waals surface area contributed by atoms with Crippen molar-refractivity contribution in [1.29, 1.82) is 0 Å². The van der Waals surface area contributed by atoms with E-state index in [1.54, 1.807) is 26.0 Å². The van der Waals surface area contributed by atoms with Crippen LogP contribution in [0.2, 0.25) is 0 Å². The molecule has 0 saturated carbocycles. The van der Waals surface area contributed by atoms with Gasteiger partial charge in [-0.15, -0.1) is 0 Å². The van der Waals surface area contributed by atoms with Crippen molar-refractivity contribution in [3.63, 3.8) is 0 Å². The summed E-state index contributed by atoms with van der Waals surface area (Å²) in [4.78, 5) is 12.3. The molecule has 19 heavy (non-hydrogen) atoms. The Bertz CT molecular complexity index is 470. The van der Waals surface area contributed by atoms with Crippen LogP contribution < -0.4 is 0 Å². The van der Waals surface area contributed by atoms with Crippen molar-refractivity contribution < 1.29 is 18.5 Å². The van der Waals surface area contributed by atoms with Crippen LogP contribution in [-0.4, -0.2) is 40.0 Å². The van der Waals surface area contributed by atoms with E-state index >= 15 is 0 Å². The molecule has 0 spiro atoms. The number of carbonyl (C=O) groups excluding carboxylic acids is 1. The Morgan fingerprint density at radius 3 is 2.68 bits per heavy atom. The van der Waals surface area contributed by atoms with E-state index < -0.39 is 21.8 Å². The Labute approximate surface area is 115 Å². The minimum atomic E-state index is -1.01. The van der Waals surface area contributed by atoms with Crippen LogP contribution in [0.1, 0.15) is 24.2 Å². The molecule has 1 heterocycles. The first-order valence-corrected chi connectivity index (χ1v) is 7.61. The van der Waals surface area contributed by atoms with Crippen LogP contribution in [0.3, 0.4) is 0 Å². The molecular weight excluding hydrogens is 264 g/mol. The number of hydrogen-bond acceptors (Lipinski definition) is 4. The molecule has 0 N–H and O–H groups in total. The van der Waals surface area contributed by atoms with E-state index in [0.717, 1.165) is 0 Å². The molecule has 1 aliphatic heterocycles. The number of carbonyl (C=O) groups is 1. The highest BCUT2D eigenvalue weighted by Gasteiger charge is 2.33. The van der Waals surface area contributed by atoms with Crippen LogP contribution in [-0.2, 0) is 20.3 Å². The lowest BCUT2D eigenvalue weighted by molar-refractivity contribution is -0.0345. The zero-order chi connectivity index (χ0) is 13.9. The molecule has 2 unspecified atom stereocenters. The van der Waals surface area contributed by atoms with E-state index in [4.69, 9.17) is 9.47 Å². The quantitative estimate of drug-likeness (QED) is 0.772. The molecule has 4 nitrogen and oxygen atoms in total. The molecule has 1 aromatic rings. The maximum Gasteiger partial charge on any atom is 0.194 e. The van der Waals surface area contributed by atoms with Gasteiger partial charge in [-0.1, -0.05) is 30.3 Å². The Morgan fingerprint density at radius 1 is 1.42 bits per heavy atom. The monoisotopic (exact) mass is 282 g/mol. The lowest BCUT2D eigenvalue weighted by Crippen LogP contribution is -2.38. The highest BCUT2D eigenvalue weighted by atomic mass is 32.2. The van der Waals surface area contributed by atoms with Crippen LogP contribution >= 0.6 is 0 Å². The third-order valence-electron chi connectivity index (χ3n) is 3.04. The fraction of sp³-hybridized carbons (Fsp3) is 0.500. The molecule has 0 aliphatic carbocycles. The first-order chi connectivity index (χ1) is 9.00. The van der Waals surface area contributed by atoms with E-state index in [1.165, 1.54) is 0 Å². The number of ether oxygens (including phenoxy) is 2. The molecule has 0 radical (unpaired) electrons. The summed E-state index contributed by atoms with van der Waals surface area (Å²) >= 11 is 0. The maximum absolute atomic E-state index is 12.3. The van der Waals surface area contributed by atoms with Crippen molar-refractivity contribution in [2.75, 3.05) is 19.0 Å². The highest BCUT2D eigenvalue weighted by Crippen LogP contribution is 2.19. The van der Waals surface area contributed by atoms with Crippen LogP contribution in [0, 0.1) is 0 Å². The van der Waals surface area contributed by atoms with Gasteiger partial charge in [0.15, 0.2) is 11.2 Å². The molecule has 2 rings (SSSR count). The first-order valence-electron chi connectivity index (χ1n) is 6.23. The summed E-state index contributed by atoms with van der Waals surface area (Å²) < 4.78 is 22.5. The third kappa shape index (κ3) is 3.49. The lowest BCUT2D eigenvalue weighted by Gasteiger charge is -2.25. The Kier molecular flexibility index (Phi) is 4.50. The van der Waals surface area contributed by atoms with Gasteiger partial charge in [0.1, 0.15) is 5.60 Å². The summed E-state index contributed by atoms with van der Waals surface area (Å²) in [6.07, 6.45) is 0. The van der Waals surface area contributed by atoms with Gasteiger partial charge in [-0.3, -0.25) is 9.00 Å². The van der Waals surface area contributed by atoms with Gasteiger partial charge in [-0.2, -0.15) is 0 Å². The molecular formula is C14H18O4S. The van der Waals surface area contributed by atoms with Crippen LogP contribution in [0.15, 0.2) is 30.3 Å². The molecule has 1 fully saturated rings. The summed E-state index contributed by atoms with van der Waals surface area (Å²) in [5.41, 5.74) is -0.749. The highest BCUT2D eigenvalue weighted by molar-refractivity contribution is 7.85. The second-order valence-corrected chi connectivity index (χ2v) is 6.60. The number of rotatable bonds is 5. The zero-order valence-corrected chi connectivity index (χ0v) is 11.9. The average molecular weight is 282 g/mol. The predicted molar refractivity (Wildman–Crippen MR) is 73.6 cm³/mol. The molecule has 0 aromatic heterocycles. The van der Waals surface area contributed by atoms with Crippen molar-refractivity contribution in [2.24, 2.45) is 0 Å². The van der Waals surface area contributed by atoms with Crippen LogP contribution in [0.5, 0.6) is 0 Å². The van der Waals surface area contributed by atoms with Crippen molar-refractivity contribution in [3.05, 3.63) is 35.9 Å². The van der Waals surface area contributed by atoms with Gasteiger partial charge in [-0.05, 0) is 13.8 Å². The Morgan fingerprint density at radius 2 is 2.11 bits per heavy atom. The Balaban J connectivity index is 1.98. The van der Waals surface area contributed by atoms with E-state index in [-0.39, 0.29) is 12.4 Å². The number of benzene rings is 1. The summed E-state index contributed by atoms with van der Waals surface area (Å²) in [6.45, 7) is 4.12. The molecule has 0 amide bonds. The fourth-order valence-corrected chi connectivity index (χ4v) is 2.86. The van der Waals surface area contributed by atoms with Gasteiger partial charge in [0.2, 0.25) is 0 Å². The summed E-state index contributed by atoms with van der Waals surface area (Å²) in [7, 11) is -1.01. The van der Waals surface area contributed by atoms with Gasteiger partial charge in [0.25, 0.3) is 0 Å². The second-order valence-electron chi connectivity index (χ2n) is 4.90. The second kappa shape index (κ2) is 5.94. The smallest absolute Gasteiger partial charge is 0.194 e. The predicted octanol–water partition coefficient (Wildman–Crippen LogP) is 1.77. The first kappa shape index (κ1) is 14.4. The van der Waals surface area contributed by atoms with E-state index in [2.05, 4.69) is 0 Å². The fourth-order valence-electron chi connectivity index (χ4n) is 1.87. The van der Waals surface area contributed by atoms with Gasteiger partial charge in [0.05, 0.1) is 24.0 Å². The Hall–Kier alpha value is -1.04. The van der Waals surface area contributed by atoms with Gasteiger partial charge in [-0.25, -0.2) is 0 Å². The number of ketones is 1. The number of hydrogen-bond donors (Lipinski definition) is 0. The van der Waals surface area contributed by atoms with Crippen molar-refractivity contribution in [2.45, 2.75) is 24.9 Å². The van der Waals surface area contributed by atoms with Gasteiger partial charge < -0.3 is 9.47 Å². The lowest BCUT2D eigenvalue weighted by atomic mass is 9.96. The zero-order valence-electron chi connectivity index (χ0n) is 11.1. The minimum absolute atomic E-state index is 0.0862. The van der Waals surface area contributed by atoms with Crippen LogP contribution in [0.25, 0.3) is 0 Å². The maximum atomic E-state index is 12.3. The van der Waals surface area contributed by atoms with E-state index in [0.29, 0.717) is 17.9 Å². The normalized spacial score (nSPS) is 23.5. The van der Waals surface area contributed by atoms with Gasteiger partial charge >= 0.3 is 0 Å². The SMILES string of the molecule is CC(C)(OCC1OCCS1=O)C(=O)c1ccccc1. The molecule has 104 valence electrons. The number of Topliss-reactive ketones (excluding diaryl/α,β-unsaturated/α-hetero) is 1. The molecule has 1 saturated heterocycles. The molecule has 2 atom stereocenters. The van der Waals surface area contributed by atoms with Crippen molar-refractivity contribution in [3.8, 4) is 0 Å². The largest absolute Gasteiger partial charge is 0.364 e. The van der Waals surface area contributed by atoms with E-state index in [1.807, 2.05) is 18.2 Å². The summed E-state index contributed by atoms with van der Waals surface area (Å²) in [5, 5.41) is 0. The molecule has 5 heteroatoms. The average Bonchev–Trinajstić information content (AvgIpc) is 2.82. The van der Waals surface area contributed by atoms with Crippen molar-refractivity contribution in [1.82, 2.24) is 0 Å². The standard InChI is InChI=1S/C14H18O4S/c1-14(2,13(15)11-6-4-3-5-7-11)18-10-12-17-8-9-19(12)16/h3-7,12H,8-10H2,1-2H3. The van der Waals surface area contributed by atoms with Crippen molar-refractivity contribution >= 4 is 16.6 Å². The topological polar surface area (TPSA) is 52.6 Å².